The Balaban J connectivity index is 1.69. The molecular weight excluding hydrogens is 434 g/mol. The summed E-state index contributed by atoms with van der Waals surface area (Å²) in [6.07, 6.45) is 1.13. The number of aromatic carboxylic acids is 1. The second-order valence-electron chi connectivity index (χ2n) is 6.71. The molecule has 0 spiro atoms. The van der Waals surface area contributed by atoms with E-state index in [4.69, 9.17) is 27.2 Å². The highest BCUT2D eigenvalue weighted by molar-refractivity contribution is 8.01. The van der Waals surface area contributed by atoms with Crippen molar-refractivity contribution in [2.24, 2.45) is 5.73 Å². The molecule has 1 saturated heterocycles. The maximum absolute atomic E-state index is 12.4. The predicted octanol–water partition coefficient (Wildman–Crippen LogP) is 3.59. The molecule has 10 heteroatoms. The number of carboxylic acid groups (broad SMARTS) is 1. The van der Waals surface area contributed by atoms with Crippen molar-refractivity contribution in [3.63, 3.8) is 0 Å². The third-order valence-electron chi connectivity index (χ3n) is 4.92. The van der Waals surface area contributed by atoms with Gasteiger partial charge in [0.1, 0.15) is 5.75 Å². The molecule has 1 fully saturated rings. The molecule has 0 radical (unpaired) electrons. The second kappa shape index (κ2) is 9.34. The van der Waals surface area contributed by atoms with E-state index in [9.17, 15) is 9.59 Å². The lowest BCUT2D eigenvalue weighted by Crippen LogP contribution is -2.41. The van der Waals surface area contributed by atoms with Crippen LogP contribution in [0.15, 0.2) is 21.9 Å². The van der Waals surface area contributed by atoms with E-state index in [0.717, 1.165) is 11.1 Å². The van der Waals surface area contributed by atoms with Crippen molar-refractivity contribution in [3.8, 4) is 5.75 Å². The number of aromatic nitrogens is 1. The van der Waals surface area contributed by atoms with Crippen LogP contribution < -0.4 is 10.5 Å². The highest BCUT2D eigenvalue weighted by atomic mass is 35.5. The highest BCUT2D eigenvalue weighted by Gasteiger charge is 2.36. The van der Waals surface area contributed by atoms with Gasteiger partial charge in [-0.25, -0.2) is 9.78 Å². The Bertz CT molecular complexity index is 921. The molecule has 2 aromatic rings. The number of aryl methyl sites for hydroxylation is 1. The lowest BCUT2D eigenvalue weighted by atomic mass is 9.96. The molecule has 1 aliphatic heterocycles. The molecule has 1 unspecified atom stereocenters. The first-order valence-corrected chi connectivity index (χ1v) is 11.3. The van der Waals surface area contributed by atoms with Gasteiger partial charge in [-0.3, -0.25) is 4.79 Å². The molecule has 3 N–H and O–H groups in total. The quantitative estimate of drug-likeness (QED) is 0.586. The van der Waals surface area contributed by atoms with Crippen molar-refractivity contribution in [1.29, 1.82) is 0 Å². The number of hydrogen-bond donors (Lipinski definition) is 2. The molecule has 29 heavy (non-hydrogen) atoms. The Kier molecular flexibility index (Phi) is 7.05. The average Bonchev–Trinajstić information content (AvgIpc) is 3.30. The Morgan fingerprint density at radius 1 is 1.55 bits per heavy atom. The maximum Gasteiger partial charge on any atom is 0.355 e. The summed E-state index contributed by atoms with van der Waals surface area (Å²) in [7, 11) is 1.57. The summed E-state index contributed by atoms with van der Waals surface area (Å²) in [6.45, 7) is 2.42. The molecule has 1 aliphatic rings. The lowest BCUT2D eigenvalue weighted by Gasteiger charge is -2.30. The number of methoxy groups -OCH3 is 1. The van der Waals surface area contributed by atoms with E-state index >= 15 is 0 Å². The number of thioether (sulfide) groups is 1. The fourth-order valence-electron chi connectivity index (χ4n) is 3.40. The molecule has 0 bridgehead atoms. The summed E-state index contributed by atoms with van der Waals surface area (Å²) in [6, 6.07) is 3.15. The summed E-state index contributed by atoms with van der Waals surface area (Å²) in [4.78, 5) is 29.3. The number of carbonyl (C=O) groups is 2. The Hall–Kier alpha value is -1.81. The summed E-state index contributed by atoms with van der Waals surface area (Å²) < 4.78 is 6.13. The zero-order valence-corrected chi connectivity index (χ0v) is 18.4. The molecule has 2 heterocycles. The molecule has 1 aromatic heterocycles. The number of carboxylic acids is 1. The number of carbonyl (C=O) groups excluding carboxylic acids is 1. The first kappa shape index (κ1) is 21.9. The van der Waals surface area contributed by atoms with Crippen LogP contribution in [0.2, 0.25) is 5.02 Å². The molecule has 0 aliphatic carbocycles. The number of benzene rings is 1. The summed E-state index contributed by atoms with van der Waals surface area (Å²) in [5, 5.41) is 11.1. The number of likely N-dealkylation sites (tertiary alicyclic amines) is 1. The topological polar surface area (TPSA) is 106 Å². The second-order valence-corrected chi connectivity index (χ2v) is 9.32. The standard InChI is InChI=1S/C19H22ClN3O4S2/c1-10-7-11(15(27-2)8-12(10)20)17(21)14-3-4-16(24)23(14)5-6-28-19-22-13(9-29-19)18(25)26/h7-9,14,17H,3-6,21H2,1-2H3,(H,25,26)/t14-,17?/m1/s1. The van der Waals surface area contributed by atoms with Crippen LogP contribution in [0.25, 0.3) is 0 Å². The van der Waals surface area contributed by atoms with Gasteiger partial charge in [0, 0.05) is 34.7 Å². The van der Waals surface area contributed by atoms with E-state index in [0.29, 0.717) is 40.3 Å². The average molecular weight is 456 g/mol. The first-order chi connectivity index (χ1) is 13.8. The van der Waals surface area contributed by atoms with E-state index in [-0.39, 0.29) is 17.6 Å². The number of ether oxygens (including phenoxy) is 1. The minimum Gasteiger partial charge on any atom is -0.496 e. The number of halogens is 1. The fraction of sp³-hybridized carbons (Fsp3) is 0.421. The predicted molar refractivity (Wildman–Crippen MR) is 114 cm³/mol. The van der Waals surface area contributed by atoms with E-state index < -0.39 is 12.0 Å². The van der Waals surface area contributed by atoms with Gasteiger partial charge in [0.25, 0.3) is 0 Å². The van der Waals surface area contributed by atoms with Crippen LogP contribution in [-0.2, 0) is 4.79 Å². The largest absolute Gasteiger partial charge is 0.496 e. The summed E-state index contributed by atoms with van der Waals surface area (Å²) in [5.41, 5.74) is 8.35. The van der Waals surface area contributed by atoms with Gasteiger partial charge in [-0.2, -0.15) is 0 Å². The van der Waals surface area contributed by atoms with Gasteiger partial charge in [-0.05, 0) is 31.0 Å². The van der Waals surface area contributed by atoms with Gasteiger partial charge in [0.15, 0.2) is 10.0 Å². The smallest absolute Gasteiger partial charge is 0.355 e. The van der Waals surface area contributed by atoms with E-state index in [1.54, 1.807) is 13.2 Å². The molecule has 2 atom stereocenters. The van der Waals surface area contributed by atoms with Crippen molar-refractivity contribution in [3.05, 3.63) is 39.4 Å². The molecule has 0 saturated carbocycles. The molecule has 1 aromatic carbocycles. The molecule has 7 nitrogen and oxygen atoms in total. The first-order valence-electron chi connectivity index (χ1n) is 9.02. The van der Waals surface area contributed by atoms with E-state index in [1.165, 1.54) is 28.5 Å². The minimum atomic E-state index is -1.04. The van der Waals surface area contributed by atoms with Crippen LogP contribution >= 0.6 is 34.7 Å². The van der Waals surface area contributed by atoms with Crippen LogP contribution in [0.1, 0.15) is 40.5 Å². The Morgan fingerprint density at radius 2 is 2.31 bits per heavy atom. The number of thiazole rings is 1. The number of hydrogen-bond acceptors (Lipinski definition) is 7. The third-order valence-corrected chi connectivity index (χ3v) is 7.33. The van der Waals surface area contributed by atoms with E-state index in [1.807, 2.05) is 17.9 Å². The Labute approximate surface area is 182 Å². The Morgan fingerprint density at radius 3 is 2.97 bits per heavy atom. The fourth-order valence-corrected chi connectivity index (χ4v) is 5.37. The SMILES string of the molecule is COc1cc(Cl)c(C)cc1C(N)[C@H]1CCC(=O)N1CCSc1nc(C(=O)O)cs1. The number of nitrogens with two attached hydrogens (primary N) is 1. The van der Waals surface area contributed by atoms with E-state index in [2.05, 4.69) is 4.98 Å². The van der Waals surface area contributed by atoms with Crippen molar-refractivity contribution in [2.75, 3.05) is 19.4 Å². The van der Waals surface area contributed by atoms with Crippen LogP contribution in [0.5, 0.6) is 5.75 Å². The molecule has 3 rings (SSSR count). The van der Waals surface area contributed by atoms with Crippen LogP contribution in [0, 0.1) is 6.92 Å². The van der Waals surface area contributed by atoms with Crippen molar-refractivity contribution in [1.82, 2.24) is 9.88 Å². The normalized spacial score (nSPS) is 17.6. The minimum absolute atomic E-state index is 0.0415. The van der Waals surface area contributed by atoms with Gasteiger partial charge in [0.05, 0.1) is 19.2 Å². The lowest BCUT2D eigenvalue weighted by molar-refractivity contribution is -0.128. The summed E-state index contributed by atoms with van der Waals surface area (Å²) in [5.74, 6) is 0.256. The van der Waals surface area contributed by atoms with Gasteiger partial charge in [-0.1, -0.05) is 23.4 Å². The van der Waals surface area contributed by atoms with Crippen molar-refractivity contribution < 1.29 is 19.4 Å². The number of nitrogens with zero attached hydrogens (tertiary/aromatic N) is 2. The molecule has 1 amide bonds. The monoisotopic (exact) mass is 455 g/mol. The third kappa shape index (κ3) is 4.85. The van der Waals surface area contributed by atoms with Gasteiger partial charge in [-0.15, -0.1) is 11.3 Å². The zero-order valence-electron chi connectivity index (χ0n) is 16.1. The summed E-state index contributed by atoms with van der Waals surface area (Å²) >= 11 is 8.92. The highest BCUT2D eigenvalue weighted by Crippen LogP contribution is 2.36. The van der Waals surface area contributed by atoms with Gasteiger partial charge < -0.3 is 20.5 Å². The van der Waals surface area contributed by atoms with Crippen LogP contribution in [0.4, 0.5) is 0 Å². The van der Waals surface area contributed by atoms with Crippen molar-refractivity contribution >= 4 is 46.6 Å². The number of rotatable bonds is 8. The molecular formula is C19H22ClN3O4S2. The molecule has 156 valence electrons. The number of amides is 1. The maximum atomic E-state index is 12.4. The van der Waals surface area contributed by atoms with Gasteiger partial charge >= 0.3 is 5.97 Å². The van der Waals surface area contributed by atoms with Crippen LogP contribution in [-0.4, -0.2) is 52.3 Å². The van der Waals surface area contributed by atoms with Crippen molar-refractivity contribution in [2.45, 2.75) is 36.2 Å². The van der Waals surface area contributed by atoms with Crippen LogP contribution in [0.3, 0.4) is 0 Å². The zero-order chi connectivity index (χ0) is 21.1. The van der Waals surface area contributed by atoms with Gasteiger partial charge in [0.2, 0.25) is 5.91 Å².